The molecule has 0 atom stereocenters. The van der Waals surface area contributed by atoms with Gasteiger partial charge in [0.15, 0.2) is 5.78 Å². The van der Waals surface area contributed by atoms with Crippen LogP contribution in [0.25, 0.3) is 6.08 Å². The summed E-state index contributed by atoms with van der Waals surface area (Å²) in [7, 11) is 0. The maximum atomic E-state index is 12.7. The summed E-state index contributed by atoms with van der Waals surface area (Å²) < 4.78 is 0. The van der Waals surface area contributed by atoms with Gasteiger partial charge < -0.3 is 0 Å². The number of hydrogen-bond donors (Lipinski definition) is 0. The normalized spacial score (nSPS) is 16.7. The van der Waals surface area contributed by atoms with E-state index in [1.54, 1.807) is 6.08 Å². The van der Waals surface area contributed by atoms with Gasteiger partial charge in [0, 0.05) is 5.92 Å². The van der Waals surface area contributed by atoms with Crippen molar-refractivity contribution in [1.29, 1.82) is 0 Å². The summed E-state index contributed by atoms with van der Waals surface area (Å²) in [5, 5.41) is -0.0862. The Bertz CT molecular complexity index is 513. The third-order valence-electron chi connectivity index (χ3n) is 3.85. The molecule has 21 heavy (non-hydrogen) atoms. The average molecular weight is 302 g/mol. The Morgan fingerprint density at radius 1 is 1.14 bits per heavy atom. The first-order valence-corrected chi connectivity index (χ1v) is 8.69. The number of hydrogen-bond acceptors (Lipinski definition) is 3. The molecule has 0 saturated heterocycles. The molecular weight excluding hydrogens is 280 g/mol. The van der Waals surface area contributed by atoms with E-state index in [1.807, 2.05) is 37.3 Å². The van der Waals surface area contributed by atoms with Crippen LogP contribution in [-0.4, -0.2) is 16.7 Å². The van der Waals surface area contributed by atoms with E-state index in [-0.39, 0.29) is 16.8 Å². The first-order valence-electron chi connectivity index (χ1n) is 7.70. The van der Waals surface area contributed by atoms with Crippen molar-refractivity contribution >= 4 is 28.7 Å². The number of rotatable bonds is 5. The van der Waals surface area contributed by atoms with Crippen LogP contribution in [-0.2, 0) is 9.59 Å². The smallest absolute Gasteiger partial charge is 0.222 e. The minimum atomic E-state index is -0.0862. The lowest BCUT2D eigenvalue weighted by atomic mass is 9.83. The van der Waals surface area contributed by atoms with Crippen LogP contribution in [0.1, 0.15) is 44.6 Å². The van der Waals surface area contributed by atoms with E-state index < -0.39 is 0 Å². The van der Waals surface area contributed by atoms with Gasteiger partial charge in [0.1, 0.15) is 0 Å². The Balaban J connectivity index is 2.25. The van der Waals surface area contributed by atoms with Crippen LogP contribution in [0.5, 0.6) is 0 Å². The number of Topliss-reactive ketones (excluding diaryl/α,β-unsaturated/α-hetero) is 1. The lowest BCUT2D eigenvalue weighted by Gasteiger charge is -2.21. The molecule has 1 aliphatic rings. The van der Waals surface area contributed by atoms with Gasteiger partial charge in [0.25, 0.3) is 0 Å². The molecule has 1 saturated carbocycles. The third kappa shape index (κ3) is 4.57. The summed E-state index contributed by atoms with van der Waals surface area (Å²) in [5.41, 5.74) is 1.29. The molecule has 0 bridgehead atoms. The standard InChI is InChI=1S/C18H22O2S/c1-2-21-18(20)16(13-14-9-5-3-6-10-14)17(19)15-11-7-4-8-12-15/h3,5-6,9-10,13,15H,2,4,7-8,11-12H2,1H3/b16-13+. The summed E-state index contributed by atoms with van der Waals surface area (Å²) >= 11 is 1.22. The second-order valence-corrected chi connectivity index (χ2v) is 6.63. The minimum Gasteiger partial charge on any atom is -0.294 e. The molecule has 1 fully saturated rings. The highest BCUT2D eigenvalue weighted by Crippen LogP contribution is 2.29. The zero-order valence-corrected chi connectivity index (χ0v) is 13.3. The van der Waals surface area contributed by atoms with Crippen molar-refractivity contribution < 1.29 is 9.59 Å². The van der Waals surface area contributed by atoms with E-state index in [1.165, 1.54) is 18.2 Å². The molecule has 1 aromatic rings. The molecule has 1 aliphatic carbocycles. The quantitative estimate of drug-likeness (QED) is 0.456. The molecule has 0 amide bonds. The average Bonchev–Trinajstić information content (AvgIpc) is 2.54. The van der Waals surface area contributed by atoms with Crippen LogP contribution >= 0.6 is 11.8 Å². The van der Waals surface area contributed by atoms with Crippen molar-refractivity contribution in [2.24, 2.45) is 5.92 Å². The molecule has 0 radical (unpaired) electrons. The molecular formula is C18H22O2S. The van der Waals surface area contributed by atoms with Crippen molar-refractivity contribution in [3.8, 4) is 0 Å². The second kappa shape index (κ2) is 8.18. The van der Waals surface area contributed by atoms with E-state index in [0.717, 1.165) is 31.2 Å². The van der Waals surface area contributed by atoms with Gasteiger partial charge in [0.05, 0.1) is 5.57 Å². The zero-order valence-electron chi connectivity index (χ0n) is 12.5. The Morgan fingerprint density at radius 2 is 1.81 bits per heavy atom. The maximum Gasteiger partial charge on any atom is 0.222 e. The highest BCUT2D eigenvalue weighted by molar-refractivity contribution is 8.14. The highest BCUT2D eigenvalue weighted by Gasteiger charge is 2.27. The van der Waals surface area contributed by atoms with Gasteiger partial charge in [-0.15, -0.1) is 0 Å². The maximum absolute atomic E-state index is 12.7. The van der Waals surface area contributed by atoms with Crippen LogP contribution in [0.2, 0.25) is 0 Å². The molecule has 112 valence electrons. The summed E-state index contributed by atoms with van der Waals surface area (Å²) in [6.07, 6.45) is 7.03. The van der Waals surface area contributed by atoms with Crippen LogP contribution < -0.4 is 0 Å². The first kappa shape index (κ1) is 16.0. The van der Waals surface area contributed by atoms with Gasteiger partial charge >= 0.3 is 0 Å². The lowest BCUT2D eigenvalue weighted by molar-refractivity contribution is -0.122. The molecule has 0 unspecified atom stereocenters. The highest BCUT2D eigenvalue weighted by atomic mass is 32.2. The number of carbonyl (C=O) groups is 2. The molecule has 0 aromatic heterocycles. The van der Waals surface area contributed by atoms with Gasteiger partial charge in [-0.25, -0.2) is 0 Å². The molecule has 0 spiro atoms. The van der Waals surface area contributed by atoms with Crippen LogP contribution in [0, 0.1) is 5.92 Å². The Labute approximate surface area is 131 Å². The van der Waals surface area contributed by atoms with Gasteiger partial charge in [-0.3, -0.25) is 9.59 Å². The lowest BCUT2D eigenvalue weighted by Crippen LogP contribution is -2.22. The van der Waals surface area contributed by atoms with Crippen molar-refractivity contribution in [2.75, 3.05) is 5.75 Å². The van der Waals surface area contributed by atoms with Crippen molar-refractivity contribution in [2.45, 2.75) is 39.0 Å². The number of benzene rings is 1. The molecule has 2 rings (SSSR count). The van der Waals surface area contributed by atoms with Gasteiger partial charge in [-0.1, -0.05) is 68.3 Å². The molecule has 1 aromatic carbocycles. The molecule has 3 heteroatoms. The predicted octanol–water partition coefficient (Wildman–Crippen LogP) is 4.50. The Kier molecular flexibility index (Phi) is 6.24. The fraction of sp³-hybridized carbons (Fsp3) is 0.444. The summed E-state index contributed by atoms with van der Waals surface area (Å²) in [4.78, 5) is 25.0. The number of carbonyl (C=O) groups excluding carboxylic acids is 2. The second-order valence-electron chi connectivity index (χ2n) is 5.39. The van der Waals surface area contributed by atoms with Gasteiger partial charge in [-0.2, -0.15) is 0 Å². The van der Waals surface area contributed by atoms with E-state index in [0.29, 0.717) is 11.3 Å². The predicted molar refractivity (Wildman–Crippen MR) is 89.1 cm³/mol. The fourth-order valence-electron chi connectivity index (χ4n) is 2.74. The minimum absolute atomic E-state index is 0.0371. The fourth-order valence-corrected chi connectivity index (χ4v) is 3.32. The largest absolute Gasteiger partial charge is 0.294 e. The summed E-state index contributed by atoms with van der Waals surface area (Å²) in [6.45, 7) is 1.94. The van der Waals surface area contributed by atoms with E-state index in [2.05, 4.69) is 0 Å². The van der Waals surface area contributed by atoms with Crippen molar-refractivity contribution in [1.82, 2.24) is 0 Å². The van der Waals surface area contributed by atoms with Crippen LogP contribution in [0.4, 0.5) is 0 Å². The zero-order chi connectivity index (χ0) is 15.1. The van der Waals surface area contributed by atoms with E-state index in [4.69, 9.17) is 0 Å². The van der Waals surface area contributed by atoms with E-state index in [9.17, 15) is 9.59 Å². The monoisotopic (exact) mass is 302 g/mol. The van der Waals surface area contributed by atoms with E-state index >= 15 is 0 Å². The Morgan fingerprint density at radius 3 is 2.43 bits per heavy atom. The molecule has 0 aliphatic heterocycles. The van der Waals surface area contributed by atoms with Crippen LogP contribution in [0.3, 0.4) is 0 Å². The molecule has 0 N–H and O–H groups in total. The van der Waals surface area contributed by atoms with Crippen molar-refractivity contribution in [3.63, 3.8) is 0 Å². The van der Waals surface area contributed by atoms with Crippen molar-refractivity contribution in [3.05, 3.63) is 41.5 Å². The summed E-state index contributed by atoms with van der Waals surface area (Å²) in [5.74, 6) is 0.780. The third-order valence-corrected chi connectivity index (χ3v) is 4.62. The van der Waals surface area contributed by atoms with Gasteiger partial charge in [0.2, 0.25) is 5.12 Å². The number of ketones is 1. The molecule has 2 nitrogen and oxygen atoms in total. The van der Waals surface area contributed by atoms with Crippen LogP contribution in [0.15, 0.2) is 35.9 Å². The summed E-state index contributed by atoms with van der Waals surface area (Å²) in [6, 6.07) is 9.64. The SMILES string of the molecule is CCSC(=O)/C(=C/c1ccccc1)C(=O)C1CCCCC1. The molecule has 0 heterocycles. The van der Waals surface area contributed by atoms with Gasteiger partial charge in [-0.05, 0) is 30.2 Å². The Hall–Kier alpha value is -1.35. The first-order chi connectivity index (χ1) is 10.2. The topological polar surface area (TPSA) is 34.1 Å². The number of thioether (sulfide) groups is 1.